The van der Waals surface area contributed by atoms with Crippen molar-refractivity contribution in [3.05, 3.63) is 59.7 Å². The van der Waals surface area contributed by atoms with Crippen molar-refractivity contribution >= 4 is 29.5 Å². The van der Waals surface area contributed by atoms with Gasteiger partial charge in [-0.2, -0.15) is 0 Å². The minimum atomic E-state index is -0.626. The van der Waals surface area contributed by atoms with Gasteiger partial charge in [-0.05, 0) is 30.3 Å². The van der Waals surface area contributed by atoms with Gasteiger partial charge in [-0.15, -0.1) is 0 Å². The van der Waals surface area contributed by atoms with Gasteiger partial charge in [0, 0.05) is 9.79 Å². The van der Waals surface area contributed by atoms with Gasteiger partial charge in [0.15, 0.2) is 0 Å². The molecule has 1 heterocycles. The smallest absolute Gasteiger partial charge is 0.325 e. The zero-order valence-corrected chi connectivity index (χ0v) is 13.1. The molecule has 23 heavy (non-hydrogen) atoms. The molecule has 0 unspecified atom stereocenters. The van der Waals surface area contributed by atoms with E-state index in [0.29, 0.717) is 11.1 Å². The summed E-state index contributed by atoms with van der Waals surface area (Å²) in [7, 11) is 1.22. The van der Waals surface area contributed by atoms with E-state index in [1.807, 2.05) is 30.3 Å². The topological polar surface area (TPSA) is 63.7 Å². The molecule has 1 aliphatic rings. The van der Waals surface area contributed by atoms with Crippen molar-refractivity contribution in [2.75, 3.05) is 13.7 Å². The predicted octanol–water partition coefficient (Wildman–Crippen LogP) is 2.61. The number of hydrogen-bond donors (Lipinski definition) is 0. The molecule has 0 saturated carbocycles. The van der Waals surface area contributed by atoms with Crippen molar-refractivity contribution in [2.24, 2.45) is 0 Å². The highest BCUT2D eigenvalue weighted by Crippen LogP contribution is 2.32. The molecule has 0 aliphatic carbocycles. The van der Waals surface area contributed by atoms with Gasteiger partial charge in [0.2, 0.25) is 0 Å². The number of esters is 1. The number of hydrogen-bond acceptors (Lipinski definition) is 5. The van der Waals surface area contributed by atoms with Gasteiger partial charge in [-0.1, -0.05) is 30.0 Å². The maximum absolute atomic E-state index is 12.4. The van der Waals surface area contributed by atoms with Crippen LogP contribution >= 0.6 is 11.8 Å². The van der Waals surface area contributed by atoms with Crippen LogP contribution in [0.2, 0.25) is 0 Å². The van der Waals surface area contributed by atoms with Crippen LogP contribution in [0, 0.1) is 0 Å². The summed E-state index contributed by atoms with van der Waals surface area (Å²) in [6.45, 7) is -0.371. The summed E-state index contributed by atoms with van der Waals surface area (Å²) in [6.07, 6.45) is 0. The monoisotopic (exact) mass is 327 g/mol. The Kier molecular flexibility index (Phi) is 4.16. The molecule has 2 amide bonds. The lowest BCUT2D eigenvalue weighted by atomic mass is 10.1. The van der Waals surface area contributed by atoms with Crippen LogP contribution in [0.25, 0.3) is 0 Å². The van der Waals surface area contributed by atoms with E-state index < -0.39 is 17.8 Å². The van der Waals surface area contributed by atoms with Crippen molar-refractivity contribution in [1.82, 2.24) is 4.90 Å². The van der Waals surface area contributed by atoms with Gasteiger partial charge in [-0.3, -0.25) is 19.3 Å². The summed E-state index contributed by atoms with van der Waals surface area (Å²) in [4.78, 5) is 38.7. The second-order valence-corrected chi connectivity index (χ2v) is 6.04. The third-order valence-electron chi connectivity index (χ3n) is 3.44. The lowest BCUT2D eigenvalue weighted by molar-refractivity contribution is -0.140. The number of rotatable bonds is 4. The van der Waals surface area contributed by atoms with Crippen LogP contribution in [0.3, 0.4) is 0 Å². The Hall–Kier alpha value is -2.60. The van der Waals surface area contributed by atoms with E-state index >= 15 is 0 Å². The molecule has 0 radical (unpaired) electrons. The first-order valence-electron chi connectivity index (χ1n) is 6.90. The zero-order valence-electron chi connectivity index (χ0n) is 12.3. The van der Waals surface area contributed by atoms with Crippen LogP contribution in [0.5, 0.6) is 0 Å². The Bertz CT molecular complexity index is 788. The van der Waals surface area contributed by atoms with Gasteiger partial charge in [-0.25, -0.2) is 0 Å². The maximum atomic E-state index is 12.4. The van der Waals surface area contributed by atoms with Crippen LogP contribution in [0.1, 0.15) is 20.7 Å². The van der Waals surface area contributed by atoms with E-state index in [1.165, 1.54) is 18.9 Å². The molecule has 0 aromatic heterocycles. The van der Waals surface area contributed by atoms with Crippen LogP contribution in [-0.2, 0) is 9.53 Å². The van der Waals surface area contributed by atoms with Crippen molar-refractivity contribution < 1.29 is 19.1 Å². The van der Waals surface area contributed by atoms with Gasteiger partial charge in [0.1, 0.15) is 6.54 Å². The normalized spacial score (nSPS) is 13.2. The number of carbonyl (C=O) groups excluding carboxylic acids is 3. The molecule has 2 aromatic carbocycles. The average Bonchev–Trinajstić information content (AvgIpc) is 2.80. The number of carbonyl (C=O) groups is 3. The highest BCUT2D eigenvalue weighted by atomic mass is 32.2. The van der Waals surface area contributed by atoms with Crippen LogP contribution < -0.4 is 0 Å². The standard InChI is InChI=1S/C17H13NO4S/c1-22-15(19)10-18-16(20)13-8-7-12(9-14(13)17(18)21)23-11-5-3-2-4-6-11/h2-9H,10H2,1H3. The first kappa shape index (κ1) is 15.3. The Morgan fingerprint density at radius 1 is 1.00 bits per heavy atom. The van der Waals surface area contributed by atoms with Gasteiger partial charge >= 0.3 is 5.97 Å². The average molecular weight is 327 g/mol. The molecular formula is C17H13NO4S. The molecule has 0 saturated heterocycles. The molecule has 116 valence electrons. The van der Waals surface area contributed by atoms with Gasteiger partial charge in [0.05, 0.1) is 18.2 Å². The maximum Gasteiger partial charge on any atom is 0.325 e. The Labute approximate surface area is 137 Å². The largest absolute Gasteiger partial charge is 0.468 e. The minimum absolute atomic E-state index is 0.316. The van der Waals surface area contributed by atoms with E-state index in [-0.39, 0.29) is 6.54 Å². The number of nitrogens with zero attached hydrogens (tertiary/aromatic N) is 1. The Morgan fingerprint density at radius 3 is 2.39 bits per heavy atom. The second-order valence-electron chi connectivity index (χ2n) is 4.90. The molecule has 0 bridgehead atoms. The number of benzene rings is 2. The number of imide groups is 1. The Morgan fingerprint density at radius 2 is 1.70 bits per heavy atom. The second kappa shape index (κ2) is 6.26. The summed E-state index contributed by atoms with van der Waals surface area (Å²) in [6, 6.07) is 14.8. The fourth-order valence-electron chi connectivity index (χ4n) is 2.30. The van der Waals surface area contributed by atoms with Crippen molar-refractivity contribution in [1.29, 1.82) is 0 Å². The van der Waals surface area contributed by atoms with E-state index in [1.54, 1.807) is 18.2 Å². The number of methoxy groups -OCH3 is 1. The molecule has 0 atom stereocenters. The summed E-state index contributed by atoms with van der Waals surface area (Å²) in [5.74, 6) is -1.56. The third-order valence-corrected chi connectivity index (χ3v) is 4.43. The van der Waals surface area contributed by atoms with Crippen LogP contribution in [-0.4, -0.2) is 36.3 Å². The SMILES string of the molecule is COC(=O)CN1C(=O)c2ccc(Sc3ccccc3)cc2C1=O. The molecule has 3 rings (SSSR count). The Balaban J connectivity index is 1.86. The number of fused-ring (bicyclic) bond motifs is 1. The van der Waals surface area contributed by atoms with Crippen LogP contribution in [0.4, 0.5) is 0 Å². The van der Waals surface area contributed by atoms with E-state index in [9.17, 15) is 14.4 Å². The number of amides is 2. The lowest BCUT2D eigenvalue weighted by Crippen LogP contribution is -2.35. The lowest BCUT2D eigenvalue weighted by Gasteiger charge is -2.11. The quantitative estimate of drug-likeness (QED) is 0.638. The summed E-state index contributed by atoms with van der Waals surface area (Å²) >= 11 is 1.50. The van der Waals surface area contributed by atoms with Gasteiger partial charge in [0.25, 0.3) is 11.8 Å². The van der Waals surface area contributed by atoms with Crippen molar-refractivity contribution in [3.63, 3.8) is 0 Å². The van der Waals surface area contributed by atoms with Crippen molar-refractivity contribution in [2.45, 2.75) is 9.79 Å². The third kappa shape index (κ3) is 2.98. The molecule has 1 aliphatic heterocycles. The fourth-order valence-corrected chi connectivity index (χ4v) is 3.17. The predicted molar refractivity (Wildman–Crippen MR) is 84.4 cm³/mol. The molecule has 6 heteroatoms. The summed E-state index contributed by atoms with van der Waals surface area (Å²) < 4.78 is 4.52. The first-order valence-corrected chi connectivity index (χ1v) is 7.72. The summed E-state index contributed by atoms with van der Waals surface area (Å²) in [5.41, 5.74) is 0.635. The fraction of sp³-hybridized carbons (Fsp3) is 0.118. The highest BCUT2D eigenvalue weighted by Gasteiger charge is 2.37. The number of ether oxygens (including phenoxy) is 1. The molecule has 0 N–H and O–H groups in total. The highest BCUT2D eigenvalue weighted by molar-refractivity contribution is 7.99. The molecule has 0 spiro atoms. The molecular weight excluding hydrogens is 314 g/mol. The van der Waals surface area contributed by atoms with Crippen molar-refractivity contribution in [3.8, 4) is 0 Å². The van der Waals surface area contributed by atoms with Crippen LogP contribution in [0.15, 0.2) is 58.3 Å². The van der Waals surface area contributed by atoms with E-state index in [4.69, 9.17) is 0 Å². The molecule has 5 nitrogen and oxygen atoms in total. The zero-order chi connectivity index (χ0) is 16.4. The molecule has 0 fully saturated rings. The van der Waals surface area contributed by atoms with Gasteiger partial charge < -0.3 is 4.74 Å². The van der Waals surface area contributed by atoms with E-state index in [0.717, 1.165) is 14.7 Å². The minimum Gasteiger partial charge on any atom is -0.468 e. The molecule has 2 aromatic rings. The summed E-state index contributed by atoms with van der Waals surface area (Å²) in [5, 5.41) is 0. The van der Waals surface area contributed by atoms with E-state index in [2.05, 4.69) is 4.74 Å². The first-order chi connectivity index (χ1) is 11.1.